The van der Waals surface area contributed by atoms with Crippen LogP contribution in [0.1, 0.15) is 22.8 Å². The molecule has 0 aliphatic heterocycles. The second-order valence-corrected chi connectivity index (χ2v) is 4.89. The minimum absolute atomic E-state index is 0.0767. The highest BCUT2D eigenvalue weighted by Crippen LogP contribution is 2.24. The first-order chi connectivity index (χ1) is 8.97. The molecule has 0 spiro atoms. The lowest BCUT2D eigenvalue weighted by atomic mass is 9.97. The molecule has 0 amide bonds. The van der Waals surface area contributed by atoms with Crippen LogP contribution in [-0.4, -0.2) is 5.11 Å². The molecule has 0 radical (unpaired) electrons. The Morgan fingerprint density at radius 1 is 1.16 bits per heavy atom. The van der Waals surface area contributed by atoms with Gasteiger partial charge in [-0.05, 0) is 47.9 Å². The van der Waals surface area contributed by atoms with Crippen molar-refractivity contribution in [1.82, 2.24) is 0 Å². The number of aryl methyl sites for hydroxylation is 1. The fourth-order valence-electron chi connectivity index (χ4n) is 1.98. The van der Waals surface area contributed by atoms with Crippen LogP contribution in [-0.2, 0) is 6.42 Å². The molecule has 2 aromatic rings. The normalized spacial score (nSPS) is 12.5. The molecule has 0 aliphatic rings. The maximum Gasteiger partial charge on any atom is 0.127 e. The van der Waals surface area contributed by atoms with Crippen molar-refractivity contribution in [3.05, 3.63) is 69.7 Å². The number of halogens is 3. The van der Waals surface area contributed by atoms with Gasteiger partial charge in [0.2, 0.25) is 0 Å². The van der Waals surface area contributed by atoms with E-state index < -0.39 is 17.7 Å². The van der Waals surface area contributed by atoms with Crippen molar-refractivity contribution in [3.8, 4) is 0 Å². The van der Waals surface area contributed by atoms with Gasteiger partial charge in [0.25, 0.3) is 0 Å². The molecule has 2 rings (SSSR count). The zero-order valence-corrected chi connectivity index (χ0v) is 11.1. The number of aliphatic hydroxyl groups is 1. The summed E-state index contributed by atoms with van der Waals surface area (Å²) < 4.78 is 26.8. The first-order valence-electron chi connectivity index (χ1n) is 5.85. The third-order valence-corrected chi connectivity index (χ3v) is 3.26. The predicted molar refractivity (Wildman–Crippen MR) is 71.2 cm³/mol. The topological polar surface area (TPSA) is 20.2 Å². The number of rotatable bonds is 3. The molecule has 1 atom stereocenters. The molecule has 0 saturated carbocycles. The third-order valence-electron chi connectivity index (χ3n) is 3.03. The van der Waals surface area contributed by atoms with Crippen molar-refractivity contribution in [2.45, 2.75) is 19.4 Å². The van der Waals surface area contributed by atoms with E-state index in [1.54, 1.807) is 19.1 Å². The average Bonchev–Trinajstić information content (AvgIpc) is 2.35. The van der Waals surface area contributed by atoms with E-state index in [2.05, 4.69) is 0 Å². The van der Waals surface area contributed by atoms with Gasteiger partial charge in [0.15, 0.2) is 0 Å². The zero-order chi connectivity index (χ0) is 14.0. The molecule has 1 N–H and O–H groups in total. The molecule has 0 heterocycles. The monoisotopic (exact) mass is 282 g/mol. The van der Waals surface area contributed by atoms with E-state index in [0.29, 0.717) is 16.1 Å². The third kappa shape index (κ3) is 3.31. The van der Waals surface area contributed by atoms with Crippen molar-refractivity contribution in [2.24, 2.45) is 0 Å². The van der Waals surface area contributed by atoms with Crippen molar-refractivity contribution in [3.63, 3.8) is 0 Å². The first kappa shape index (κ1) is 14.0. The Bertz CT molecular complexity index is 599. The van der Waals surface area contributed by atoms with Crippen LogP contribution in [0.2, 0.25) is 5.02 Å². The molecule has 2 aromatic carbocycles. The highest BCUT2D eigenvalue weighted by atomic mass is 35.5. The Morgan fingerprint density at radius 3 is 2.58 bits per heavy atom. The molecule has 4 heteroatoms. The summed E-state index contributed by atoms with van der Waals surface area (Å²) in [6, 6.07) is 8.47. The average molecular weight is 283 g/mol. The summed E-state index contributed by atoms with van der Waals surface area (Å²) in [5, 5.41) is 10.4. The predicted octanol–water partition coefficient (Wildman–Crippen LogP) is 4.20. The van der Waals surface area contributed by atoms with Gasteiger partial charge in [-0.1, -0.05) is 23.7 Å². The summed E-state index contributed by atoms with van der Waals surface area (Å²) in [6.45, 7) is 1.77. The molecular formula is C15H13ClF2O. The minimum atomic E-state index is -0.952. The Labute approximate surface area is 115 Å². The first-order valence-corrected chi connectivity index (χ1v) is 6.23. The molecule has 19 heavy (non-hydrogen) atoms. The summed E-state index contributed by atoms with van der Waals surface area (Å²) in [5.74, 6) is -0.892. The van der Waals surface area contributed by atoms with E-state index in [1.807, 2.05) is 0 Å². The summed E-state index contributed by atoms with van der Waals surface area (Å²) in [5.41, 5.74) is 1.58. The fourth-order valence-corrected chi connectivity index (χ4v) is 2.13. The van der Waals surface area contributed by atoms with Crippen LogP contribution in [0.4, 0.5) is 8.78 Å². The van der Waals surface area contributed by atoms with E-state index in [4.69, 9.17) is 11.6 Å². The van der Waals surface area contributed by atoms with Crippen LogP contribution in [0, 0.1) is 18.6 Å². The van der Waals surface area contributed by atoms with Gasteiger partial charge in [-0.15, -0.1) is 0 Å². The highest BCUT2D eigenvalue weighted by molar-refractivity contribution is 6.30. The Morgan fingerprint density at radius 2 is 1.89 bits per heavy atom. The molecule has 0 aromatic heterocycles. The second kappa shape index (κ2) is 5.68. The second-order valence-electron chi connectivity index (χ2n) is 4.46. The number of benzene rings is 2. The summed E-state index contributed by atoms with van der Waals surface area (Å²) in [6.07, 6.45) is -0.876. The fraction of sp³-hybridized carbons (Fsp3) is 0.200. The summed E-state index contributed by atoms with van der Waals surface area (Å²) in [7, 11) is 0. The van der Waals surface area contributed by atoms with Gasteiger partial charge in [0, 0.05) is 11.4 Å². The molecule has 0 aliphatic carbocycles. The molecule has 1 unspecified atom stereocenters. The van der Waals surface area contributed by atoms with E-state index in [0.717, 1.165) is 5.56 Å². The van der Waals surface area contributed by atoms with Gasteiger partial charge < -0.3 is 5.11 Å². The van der Waals surface area contributed by atoms with Crippen LogP contribution >= 0.6 is 11.6 Å². The lowest BCUT2D eigenvalue weighted by Crippen LogP contribution is -2.06. The quantitative estimate of drug-likeness (QED) is 0.894. The van der Waals surface area contributed by atoms with Crippen molar-refractivity contribution < 1.29 is 13.9 Å². The van der Waals surface area contributed by atoms with Crippen molar-refractivity contribution >= 4 is 11.6 Å². The maximum absolute atomic E-state index is 13.6. The highest BCUT2D eigenvalue weighted by Gasteiger charge is 2.14. The van der Waals surface area contributed by atoms with E-state index >= 15 is 0 Å². The Balaban J connectivity index is 2.25. The van der Waals surface area contributed by atoms with Crippen LogP contribution < -0.4 is 0 Å². The Kier molecular flexibility index (Phi) is 4.17. The van der Waals surface area contributed by atoms with Crippen LogP contribution in [0.5, 0.6) is 0 Å². The number of hydrogen-bond donors (Lipinski definition) is 1. The van der Waals surface area contributed by atoms with Gasteiger partial charge >= 0.3 is 0 Å². The van der Waals surface area contributed by atoms with Crippen molar-refractivity contribution in [2.75, 3.05) is 0 Å². The molecule has 100 valence electrons. The molecule has 0 fully saturated rings. The van der Waals surface area contributed by atoms with E-state index in [-0.39, 0.29) is 6.42 Å². The molecule has 0 bridgehead atoms. The minimum Gasteiger partial charge on any atom is -0.388 e. The lowest BCUT2D eigenvalue weighted by Gasteiger charge is -2.14. The zero-order valence-electron chi connectivity index (χ0n) is 10.3. The maximum atomic E-state index is 13.6. The summed E-state index contributed by atoms with van der Waals surface area (Å²) in [4.78, 5) is 0. The van der Waals surface area contributed by atoms with Gasteiger partial charge in [0.05, 0.1) is 6.10 Å². The van der Waals surface area contributed by atoms with Crippen LogP contribution in [0.15, 0.2) is 36.4 Å². The standard InChI is InChI=1S/C15H13ClF2O/c1-9-2-5-12(17)8-13(9)15(19)6-10-3-4-11(16)7-14(10)18/h2-5,7-8,15,19H,6H2,1H3. The van der Waals surface area contributed by atoms with Crippen LogP contribution in [0.25, 0.3) is 0 Å². The lowest BCUT2D eigenvalue weighted by molar-refractivity contribution is 0.176. The smallest absolute Gasteiger partial charge is 0.127 e. The molecule has 1 nitrogen and oxygen atoms in total. The number of aliphatic hydroxyl groups excluding tert-OH is 1. The van der Waals surface area contributed by atoms with Gasteiger partial charge in [0.1, 0.15) is 11.6 Å². The van der Waals surface area contributed by atoms with E-state index in [1.165, 1.54) is 24.3 Å². The van der Waals surface area contributed by atoms with Crippen LogP contribution in [0.3, 0.4) is 0 Å². The van der Waals surface area contributed by atoms with E-state index in [9.17, 15) is 13.9 Å². The van der Waals surface area contributed by atoms with Gasteiger partial charge in [-0.3, -0.25) is 0 Å². The molecular weight excluding hydrogens is 270 g/mol. The Hall–Kier alpha value is -1.45. The van der Waals surface area contributed by atoms with Crippen molar-refractivity contribution in [1.29, 1.82) is 0 Å². The summed E-state index contributed by atoms with van der Waals surface area (Å²) >= 11 is 5.66. The molecule has 0 saturated heterocycles. The number of hydrogen-bond acceptors (Lipinski definition) is 1. The SMILES string of the molecule is Cc1ccc(F)cc1C(O)Cc1ccc(Cl)cc1F. The largest absolute Gasteiger partial charge is 0.388 e. The van der Waals surface area contributed by atoms with Gasteiger partial charge in [-0.2, -0.15) is 0 Å². The van der Waals surface area contributed by atoms with Gasteiger partial charge in [-0.25, -0.2) is 8.78 Å².